The number of rotatable bonds is 5. The standard InChI is InChI=1S/C25H31ClN2O3S/c1-16-3-5-18(6-4-16)24(29)28(20-11-13-27(2)14-12-20)21-15-22(32-23(21)25(30)31)17-7-9-19(26)10-8-17/h7-10,15-16,18,20H,3-6,11-14H2,1-2H3,(H,30,31). The van der Waals surface area contributed by atoms with Crippen LogP contribution in [-0.2, 0) is 4.79 Å². The zero-order chi connectivity index (χ0) is 22.8. The lowest BCUT2D eigenvalue weighted by Crippen LogP contribution is -2.49. The molecule has 1 saturated carbocycles. The summed E-state index contributed by atoms with van der Waals surface area (Å²) >= 11 is 7.28. The van der Waals surface area contributed by atoms with Gasteiger partial charge in [0, 0.05) is 21.9 Å². The molecule has 2 heterocycles. The van der Waals surface area contributed by atoms with E-state index in [2.05, 4.69) is 18.9 Å². The summed E-state index contributed by atoms with van der Waals surface area (Å²) in [6, 6.07) is 9.34. The van der Waals surface area contributed by atoms with Crippen LogP contribution in [0.15, 0.2) is 30.3 Å². The topological polar surface area (TPSA) is 60.9 Å². The number of carboxylic acid groups (broad SMARTS) is 1. The van der Waals surface area contributed by atoms with E-state index >= 15 is 0 Å². The lowest BCUT2D eigenvalue weighted by atomic mass is 9.82. The predicted octanol–water partition coefficient (Wildman–Crippen LogP) is 6.02. The molecule has 1 aliphatic heterocycles. The van der Waals surface area contributed by atoms with Crippen LogP contribution in [0.5, 0.6) is 0 Å². The van der Waals surface area contributed by atoms with Gasteiger partial charge < -0.3 is 14.9 Å². The van der Waals surface area contributed by atoms with Crippen LogP contribution in [0.2, 0.25) is 5.02 Å². The first-order valence-corrected chi connectivity index (χ1v) is 12.7. The van der Waals surface area contributed by atoms with Crippen molar-refractivity contribution in [3.05, 3.63) is 40.2 Å². The highest BCUT2D eigenvalue weighted by Gasteiger charge is 2.37. The van der Waals surface area contributed by atoms with Crippen molar-refractivity contribution in [2.45, 2.75) is 51.5 Å². The summed E-state index contributed by atoms with van der Waals surface area (Å²) < 4.78 is 0. The van der Waals surface area contributed by atoms with Gasteiger partial charge in [0.1, 0.15) is 4.88 Å². The van der Waals surface area contributed by atoms with Crippen molar-refractivity contribution in [3.8, 4) is 10.4 Å². The van der Waals surface area contributed by atoms with E-state index in [4.69, 9.17) is 11.6 Å². The number of piperidine rings is 1. The Balaban J connectivity index is 1.73. The Morgan fingerprint density at radius 3 is 2.28 bits per heavy atom. The molecule has 2 fully saturated rings. The highest BCUT2D eigenvalue weighted by Crippen LogP contribution is 2.41. The number of carboxylic acids is 1. The molecule has 2 aromatic rings. The summed E-state index contributed by atoms with van der Waals surface area (Å²) in [5, 5.41) is 10.7. The summed E-state index contributed by atoms with van der Waals surface area (Å²) in [6.45, 7) is 4.06. The molecule has 1 aliphatic carbocycles. The first-order chi connectivity index (χ1) is 15.3. The lowest BCUT2D eigenvalue weighted by molar-refractivity contribution is -0.124. The van der Waals surface area contributed by atoms with Gasteiger partial charge in [-0.05, 0) is 88.3 Å². The van der Waals surface area contributed by atoms with E-state index in [9.17, 15) is 14.7 Å². The summed E-state index contributed by atoms with van der Waals surface area (Å²) in [5.41, 5.74) is 1.47. The second-order valence-electron chi connectivity index (χ2n) is 9.34. The number of hydrogen-bond donors (Lipinski definition) is 1. The fourth-order valence-electron chi connectivity index (χ4n) is 4.92. The van der Waals surface area contributed by atoms with Gasteiger partial charge in [-0.1, -0.05) is 30.7 Å². The van der Waals surface area contributed by atoms with Crippen molar-refractivity contribution in [1.29, 1.82) is 0 Å². The Kier molecular flexibility index (Phi) is 7.23. The summed E-state index contributed by atoms with van der Waals surface area (Å²) in [6.07, 6.45) is 5.61. The van der Waals surface area contributed by atoms with Crippen molar-refractivity contribution in [2.24, 2.45) is 11.8 Å². The summed E-state index contributed by atoms with van der Waals surface area (Å²) in [7, 11) is 2.09. The molecule has 7 heteroatoms. The number of hydrogen-bond acceptors (Lipinski definition) is 4. The summed E-state index contributed by atoms with van der Waals surface area (Å²) in [5.74, 6) is -0.239. The Hall–Kier alpha value is -1.89. The maximum Gasteiger partial charge on any atom is 0.348 e. The number of thiophene rings is 1. The molecule has 172 valence electrons. The fraction of sp³-hybridized carbons (Fsp3) is 0.520. The molecule has 1 aromatic heterocycles. The molecule has 0 unspecified atom stereocenters. The third kappa shape index (κ3) is 5.03. The third-order valence-corrected chi connectivity index (χ3v) is 8.36. The maximum atomic E-state index is 13.9. The monoisotopic (exact) mass is 474 g/mol. The molecule has 1 amide bonds. The zero-order valence-electron chi connectivity index (χ0n) is 18.7. The average Bonchev–Trinajstić information content (AvgIpc) is 3.21. The highest BCUT2D eigenvalue weighted by molar-refractivity contribution is 7.18. The Bertz CT molecular complexity index is 958. The highest BCUT2D eigenvalue weighted by atomic mass is 35.5. The average molecular weight is 475 g/mol. The van der Waals surface area contributed by atoms with Gasteiger partial charge in [0.2, 0.25) is 5.91 Å². The predicted molar refractivity (Wildman–Crippen MR) is 131 cm³/mol. The van der Waals surface area contributed by atoms with Crippen molar-refractivity contribution < 1.29 is 14.7 Å². The Morgan fingerprint density at radius 1 is 1.06 bits per heavy atom. The van der Waals surface area contributed by atoms with Gasteiger partial charge in [0.25, 0.3) is 0 Å². The number of anilines is 1. The van der Waals surface area contributed by atoms with Crippen LogP contribution in [-0.4, -0.2) is 48.1 Å². The van der Waals surface area contributed by atoms with Gasteiger partial charge in [-0.15, -0.1) is 11.3 Å². The largest absolute Gasteiger partial charge is 0.477 e. The zero-order valence-corrected chi connectivity index (χ0v) is 20.3. The molecule has 2 aliphatic rings. The molecule has 5 nitrogen and oxygen atoms in total. The van der Waals surface area contributed by atoms with Gasteiger partial charge in [-0.2, -0.15) is 0 Å². The van der Waals surface area contributed by atoms with Crippen LogP contribution in [0.25, 0.3) is 10.4 Å². The number of halogens is 1. The van der Waals surface area contributed by atoms with E-state index in [0.29, 0.717) is 16.6 Å². The van der Waals surface area contributed by atoms with Crippen LogP contribution >= 0.6 is 22.9 Å². The van der Waals surface area contributed by atoms with Crippen molar-refractivity contribution in [2.75, 3.05) is 25.0 Å². The van der Waals surface area contributed by atoms with Gasteiger partial charge in [0.05, 0.1) is 5.69 Å². The minimum absolute atomic E-state index is 0.0219. The third-order valence-electron chi connectivity index (χ3n) is 6.95. The molecule has 4 rings (SSSR count). The minimum Gasteiger partial charge on any atom is -0.477 e. The molecular formula is C25H31ClN2O3S. The first kappa shape index (κ1) is 23.3. The molecule has 1 aromatic carbocycles. The molecule has 0 atom stereocenters. The Morgan fingerprint density at radius 2 is 1.69 bits per heavy atom. The van der Waals surface area contributed by atoms with Gasteiger partial charge in [-0.25, -0.2) is 4.79 Å². The van der Waals surface area contributed by atoms with Crippen LogP contribution in [0.4, 0.5) is 5.69 Å². The van der Waals surface area contributed by atoms with Gasteiger partial charge >= 0.3 is 5.97 Å². The van der Waals surface area contributed by atoms with Gasteiger partial charge in [-0.3, -0.25) is 4.79 Å². The number of amides is 1. The van der Waals surface area contributed by atoms with Crippen molar-refractivity contribution in [3.63, 3.8) is 0 Å². The number of nitrogens with zero attached hydrogens (tertiary/aromatic N) is 2. The van der Waals surface area contributed by atoms with Crippen LogP contribution in [0.3, 0.4) is 0 Å². The molecule has 1 N–H and O–H groups in total. The van der Waals surface area contributed by atoms with Crippen LogP contribution in [0.1, 0.15) is 55.1 Å². The van der Waals surface area contributed by atoms with Crippen LogP contribution in [0, 0.1) is 11.8 Å². The van der Waals surface area contributed by atoms with E-state index in [-0.39, 0.29) is 22.7 Å². The second kappa shape index (κ2) is 9.94. The molecule has 32 heavy (non-hydrogen) atoms. The maximum absolute atomic E-state index is 13.9. The van der Waals surface area contributed by atoms with Crippen LogP contribution < -0.4 is 4.90 Å². The van der Waals surface area contributed by atoms with Gasteiger partial charge in [0.15, 0.2) is 0 Å². The lowest BCUT2D eigenvalue weighted by Gasteiger charge is -2.39. The second-order valence-corrected chi connectivity index (χ2v) is 10.8. The smallest absolute Gasteiger partial charge is 0.348 e. The van der Waals surface area contributed by atoms with E-state index in [1.165, 1.54) is 11.3 Å². The molecule has 0 bridgehead atoms. The quantitative estimate of drug-likeness (QED) is 0.575. The first-order valence-electron chi connectivity index (χ1n) is 11.5. The van der Waals surface area contributed by atoms with Crippen molar-refractivity contribution >= 4 is 40.5 Å². The van der Waals surface area contributed by atoms with Crippen molar-refractivity contribution in [1.82, 2.24) is 4.90 Å². The number of aromatic carboxylic acids is 1. The molecular weight excluding hydrogens is 444 g/mol. The Labute approximate surface area is 199 Å². The SMILES string of the molecule is CC1CCC(C(=O)N(c2cc(-c3ccc(Cl)cc3)sc2C(=O)O)C2CCN(C)CC2)CC1. The summed E-state index contributed by atoms with van der Waals surface area (Å²) in [4.78, 5) is 31.3. The van der Waals surface area contributed by atoms with E-state index in [1.54, 1.807) is 12.1 Å². The number of likely N-dealkylation sites (tertiary alicyclic amines) is 1. The molecule has 1 saturated heterocycles. The minimum atomic E-state index is -0.979. The van der Waals surface area contributed by atoms with E-state index in [0.717, 1.165) is 62.1 Å². The molecule has 0 radical (unpaired) electrons. The number of carbonyl (C=O) groups excluding carboxylic acids is 1. The molecule has 0 spiro atoms. The number of benzene rings is 1. The van der Waals surface area contributed by atoms with E-state index in [1.807, 2.05) is 23.1 Å². The number of carbonyl (C=O) groups is 2. The van der Waals surface area contributed by atoms with E-state index < -0.39 is 5.97 Å². The normalized spacial score (nSPS) is 22.6. The fourth-order valence-corrected chi connectivity index (χ4v) is 6.04.